The van der Waals surface area contributed by atoms with E-state index < -0.39 is 0 Å². The van der Waals surface area contributed by atoms with E-state index in [0.717, 1.165) is 6.42 Å². The lowest BCUT2D eigenvalue weighted by Gasteiger charge is -2.17. The van der Waals surface area contributed by atoms with Crippen LogP contribution in [0, 0.1) is 20.8 Å². The number of benzene rings is 3. The van der Waals surface area contributed by atoms with Crippen LogP contribution >= 0.6 is 0 Å². The zero-order valence-corrected chi connectivity index (χ0v) is 15.9. The second kappa shape index (κ2) is 7.70. The normalized spacial score (nSPS) is 10.9. The van der Waals surface area contributed by atoms with Crippen LogP contribution in [0.3, 0.4) is 0 Å². The number of hydrogen-bond acceptors (Lipinski definition) is 0. The van der Waals surface area contributed by atoms with Crippen molar-refractivity contribution in [3.05, 3.63) is 82.9 Å². The Morgan fingerprint density at radius 1 is 0.600 bits per heavy atom. The van der Waals surface area contributed by atoms with Crippen LogP contribution < -0.4 is 0 Å². The molecule has 0 saturated heterocycles. The largest absolute Gasteiger partial charge is 0.0654 e. The summed E-state index contributed by atoms with van der Waals surface area (Å²) in [4.78, 5) is 0. The van der Waals surface area contributed by atoms with Crippen molar-refractivity contribution in [2.75, 3.05) is 0 Å². The lowest BCUT2D eigenvalue weighted by molar-refractivity contribution is 0.796. The van der Waals surface area contributed by atoms with E-state index in [4.69, 9.17) is 0 Å². The molecule has 3 rings (SSSR count). The van der Waals surface area contributed by atoms with Crippen LogP contribution in [0.25, 0.3) is 22.3 Å². The van der Waals surface area contributed by atoms with Gasteiger partial charge >= 0.3 is 0 Å². The molecule has 0 aliphatic heterocycles. The fourth-order valence-corrected chi connectivity index (χ4v) is 3.65. The summed E-state index contributed by atoms with van der Waals surface area (Å²) in [5.74, 6) is 0. The molecule has 0 nitrogen and oxygen atoms in total. The molecule has 0 saturated carbocycles. The van der Waals surface area contributed by atoms with Crippen LogP contribution in [0.1, 0.15) is 42.0 Å². The number of rotatable bonds is 5. The van der Waals surface area contributed by atoms with Gasteiger partial charge in [-0.05, 0) is 78.1 Å². The first-order valence-electron chi connectivity index (χ1n) is 9.38. The fourth-order valence-electron chi connectivity index (χ4n) is 3.65. The molecule has 0 bridgehead atoms. The third-order valence-corrected chi connectivity index (χ3v) is 5.33. The lowest BCUT2D eigenvalue weighted by atomic mass is 9.87. The van der Waals surface area contributed by atoms with E-state index in [1.54, 1.807) is 0 Å². The minimum absolute atomic E-state index is 1.16. The van der Waals surface area contributed by atoms with Crippen molar-refractivity contribution in [3.8, 4) is 22.3 Å². The molecule has 0 unspecified atom stereocenters. The Labute approximate surface area is 152 Å². The smallest absolute Gasteiger partial charge is 0.0149 e. The lowest BCUT2D eigenvalue weighted by Crippen LogP contribution is -1.96. The van der Waals surface area contributed by atoms with E-state index >= 15 is 0 Å². The summed E-state index contributed by atoms with van der Waals surface area (Å²) in [5, 5.41) is 0. The summed E-state index contributed by atoms with van der Waals surface area (Å²) in [6.45, 7) is 8.98. The Morgan fingerprint density at radius 2 is 1.16 bits per heavy atom. The maximum absolute atomic E-state index is 2.31. The van der Waals surface area contributed by atoms with Gasteiger partial charge in [-0.1, -0.05) is 74.0 Å². The van der Waals surface area contributed by atoms with Crippen molar-refractivity contribution in [2.45, 2.75) is 47.0 Å². The SMILES string of the molecule is CCCCc1ccccc1-c1ccc(-c2ccccc2C)c(C)c1C. The summed E-state index contributed by atoms with van der Waals surface area (Å²) >= 11 is 0. The molecule has 0 heterocycles. The average molecular weight is 328 g/mol. The molecule has 0 aliphatic rings. The van der Waals surface area contributed by atoms with E-state index in [1.807, 2.05) is 0 Å². The van der Waals surface area contributed by atoms with Crippen molar-refractivity contribution in [2.24, 2.45) is 0 Å². The van der Waals surface area contributed by atoms with E-state index in [9.17, 15) is 0 Å². The molecule has 3 aromatic rings. The zero-order chi connectivity index (χ0) is 17.8. The molecule has 0 heteroatoms. The van der Waals surface area contributed by atoms with Crippen LogP contribution in [0.15, 0.2) is 60.7 Å². The van der Waals surface area contributed by atoms with Gasteiger partial charge in [-0.25, -0.2) is 0 Å². The molecule has 0 aliphatic carbocycles. The van der Waals surface area contributed by atoms with E-state index in [0.29, 0.717) is 0 Å². The van der Waals surface area contributed by atoms with Gasteiger partial charge in [0.1, 0.15) is 0 Å². The van der Waals surface area contributed by atoms with Crippen molar-refractivity contribution in [1.29, 1.82) is 0 Å². The average Bonchev–Trinajstić information content (AvgIpc) is 2.63. The Hall–Kier alpha value is -2.34. The minimum atomic E-state index is 1.16. The summed E-state index contributed by atoms with van der Waals surface area (Å²) in [6, 6.07) is 22.2. The molecule has 0 amide bonds. The Kier molecular flexibility index (Phi) is 5.38. The first kappa shape index (κ1) is 17.5. The van der Waals surface area contributed by atoms with Gasteiger partial charge in [-0.15, -0.1) is 0 Å². The van der Waals surface area contributed by atoms with Gasteiger partial charge in [-0.3, -0.25) is 0 Å². The third-order valence-electron chi connectivity index (χ3n) is 5.33. The molecular formula is C25H28. The van der Waals surface area contributed by atoms with E-state index in [-0.39, 0.29) is 0 Å². The summed E-state index contributed by atoms with van der Waals surface area (Å²) < 4.78 is 0. The second-order valence-electron chi connectivity index (χ2n) is 6.99. The predicted molar refractivity (Wildman–Crippen MR) is 110 cm³/mol. The summed E-state index contributed by atoms with van der Waals surface area (Å²) in [5.41, 5.74) is 11.0. The molecule has 3 aromatic carbocycles. The molecule has 25 heavy (non-hydrogen) atoms. The molecule has 0 radical (unpaired) electrons. The molecule has 128 valence electrons. The Balaban J connectivity index is 2.09. The van der Waals surface area contributed by atoms with Crippen molar-refractivity contribution in [1.82, 2.24) is 0 Å². The summed E-state index contributed by atoms with van der Waals surface area (Å²) in [6.07, 6.45) is 3.64. The quantitative estimate of drug-likeness (QED) is 0.461. The van der Waals surface area contributed by atoms with Crippen LogP contribution in [-0.4, -0.2) is 0 Å². The van der Waals surface area contributed by atoms with Crippen LogP contribution in [0.4, 0.5) is 0 Å². The maximum atomic E-state index is 2.31. The van der Waals surface area contributed by atoms with Crippen molar-refractivity contribution < 1.29 is 0 Å². The molecular weight excluding hydrogens is 300 g/mol. The highest BCUT2D eigenvalue weighted by Crippen LogP contribution is 2.35. The van der Waals surface area contributed by atoms with Crippen molar-refractivity contribution in [3.63, 3.8) is 0 Å². The fraction of sp³-hybridized carbons (Fsp3) is 0.280. The number of unbranched alkanes of at least 4 members (excludes halogenated alkanes) is 1. The first-order chi connectivity index (χ1) is 12.1. The standard InChI is InChI=1S/C25H28/c1-5-6-12-21-13-8-10-15-25(21)24-17-16-23(19(3)20(24)4)22-14-9-7-11-18(22)2/h7-11,13-17H,5-6,12H2,1-4H3. The monoisotopic (exact) mass is 328 g/mol. The highest BCUT2D eigenvalue weighted by Gasteiger charge is 2.13. The van der Waals surface area contributed by atoms with Gasteiger partial charge < -0.3 is 0 Å². The van der Waals surface area contributed by atoms with Gasteiger partial charge in [0.25, 0.3) is 0 Å². The van der Waals surface area contributed by atoms with Crippen LogP contribution in [-0.2, 0) is 6.42 Å². The number of hydrogen-bond donors (Lipinski definition) is 0. The minimum Gasteiger partial charge on any atom is -0.0654 e. The second-order valence-corrected chi connectivity index (χ2v) is 6.99. The topological polar surface area (TPSA) is 0 Å². The van der Waals surface area contributed by atoms with E-state index in [2.05, 4.69) is 88.4 Å². The van der Waals surface area contributed by atoms with Crippen LogP contribution in [0.2, 0.25) is 0 Å². The first-order valence-corrected chi connectivity index (χ1v) is 9.38. The van der Waals surface area contributed by atoms with Gasteiger partial charge in [0, 0.05) is 0 Å². The Morgan fingerprint density at radius 3 is 1.80 bits per heavy atom. The third kappa shape index (κ3) is 3.54. The molecule has 0 N–H and O–H groups in total. The van der Waals surface area contributed by atoms with Gasteiger partial charge in [-0.2, -0.15) is 0 Å². The number of aryl methyl sites for hydroxylation is 2. The maximum Gasteiger partial charge on any atom is -0.0149 e. The Bertz CT molecular complexity index is 871. The van der Waals surface area contributed by atoms with Crippen molar-refractivity contribution >= 4 is 0 Å². The van der Waals surface area contributed by atoms with E-state index in [1.165, 1.54) is 57.3 Å². The highest BCUT2D eigenvalue weighted by molar-refractivity contribution is 5.79. The van der Waals surface area contributed by atoms with Crippen LogP contribution in [0.5, 0.6) is 0 Å². The molecule has 0 aromatic heterocycles. The molecule has 0 atom stereocenters. The predicted octanol–water partition coefficient (Wildman–Crippen LogP) is 7.29. The van der Waals surface area contributed by atoms with Gasteiger partial charge in [0.15, 0.2) is 0 Å². The summed E-state index contributed by atoms with van der Waals surface area (Å²) in [7, 11) is 0. The molecule has 0 spiro atoms. The van der Waals surface area contributed by atoms with Gasteiger partial charge in [0.05, 0.1) is 0 Å². The molecule has 0 fully saturated rings. The highest BCUT2D eigenvalue weighted by atomic mass is 14.2. The zero-order valence-electron chi connectivity index (χ0n) is 15.9. The van der Waals surface area contributed by atoms with Gasteiger partial charge in [0.2, 0.25) is 0 Å².